The quantitative estimate of drug-likeness (QED) is 0.462. The van der Waals surface area contributed by atoms with Crippen molar-refractivity contribution in [2.45, 2.75) is 51.5 Å². The van der Waals surface area contributed by atoms with Crippen LogP contribution in [-0.4, -0.2) is 31.2 Å². The number of methoxy groups -OCH3 is 2. The monoisotopic (exact) mass is 470 g/mol. The zero-order valence-electron chi connectivity index (χ0n) is 20.8. The number of carbonyl (C=O) groups excluding carboxylic acids is 1. The van der Waals surface area contributed by atoms with Crippen molar-refractivity contribution in [3.8, 4) is 22.8 Å². The van der Waals surface area contributed by atoms with Crippen molar-refractivity contribution < 1.29 is 14.3 Å². The highest BCUT2D eigenvalue weighted by Crippen LogP contribution is 2.61. The lowest BCUT2D eigenvalue weighted by atomic mass is 9.48. The van der Waals surface area contributed by atoms with Crippen molar-refractivity contribution in [2.24, 2.45) is 23.2 Å². The van der Waals surface area contributed by atoms with Gasteiger partial charge in [-0.1, -0.05) is 18.2 Å². The molecule has 1 heterocycles. The predicted octanol–water partition coefficient (Wildman–Crippen LogP) is 6.25. The molecule has 1 amide bonds. The molecular formula is C30H34N2O3. The second-order valence-corrected chi connectivity index (χ2v) is 11.1. The third kappa shape index (κ3) is 3.85. The summed E-state index contributed by atoms with van der Waals surface area (Å²) in [4.78, 5) is 18.7. The highest BCUT2D eigenvalue weighted by molar-refractivity contribution is 6.07. The zero-order chi connectivity index (χ0) is 24.2. The minimum absolute atomic E-state index is 0.0134. The molecule has 0 saturated heterocycles. The number of nitrogens with zero attached hydrogens (tertiary/aromatic N) is 1. The smallest absolute Gasteiger partial charge is 0.252 e. The number of hydrogen-bond donors (Lipinski definition) is 1. The molecule has 1 N–H and O–H groups in total. The molecule has 5 heteroatoms. The molecule has 4 bridgehead atoms. The van der Waals surface area contributed by atoms with Gasteiger partial charge in [-0.15, -0.1) is 0 Å². The van der Waals surface area contributed by atoms with Gasteiger partial charge in [-0.25, -0.2) is 4.98 Å². The molecule has 7 rings (SSSR count). The van der Waals surface area contributed by atoms with E-state index in [9.17, 15) is 4.79 Å². The van der Waals surface area contributed by atoms with Crippen molar-refractivity contribution in [1.29, 1.82) is 0 Å². The Hall–Kier alpha value is -3.08. The molecule has 2 aromatic carbocycles. The van der Waals surface area contributed by atoms with Crippen molar-refractivity contribution in [3.05, 3.63) is 54.1 Å². The van der Waals surface area contributed by atoms with Gasteiger partial charge in [0.05, 0.1) is 31.0 Å². The molecule has 3 aromatic rings. The number of amides is 1. The van der Waals surface area contributed by atoms with Crippen LogP contribution < -0.4 is 14.8 Å². The maximum Gasteiger partial charge on any atom is 0.252 e. The number of para-hydroxylation sites is 1. The van der Waals surface area contributed by atoms with Crippen molar-refractivity contribution in [1.82, 2.24) is 10.3 Å². The van der Waals surface area contributed by atoms with Crippen LogP contribution in [0.3, 0.4) is 0 Å². The fourth-order valence-corrected chi connectivity index (χ4v) is 7.65. The van der Waals surface area contributed by atoms with Crippen LogP contribution in [0.5, 0.6) is 11.5 Å². The Kier molecular flexibility index (Phi) is 5.46. The van der Waals surface area contributed by atoms with E-state index in [1.807, 2.05) is 48.5 Å². The van der Waals surface area contributed by atoms with Gasteiger partial charge in [0.2, 0.25) is 0 Å². The number of nitrogens with one attached hydrogen (secondary N) is 1. The fourth-order valence-electron chi connectivity index (χ4n) is 7.65. The van der Waals surface area contributed by atoms with Crippen LogP contribution in [0.4, 0.5) is 0 Å². The van der Waals surface area contributed by atoms with E-state index in [1.165, 1.54) is 38.5 Å². The largest absolute Gasteiger partial charge is 0.497 e. The van der Waals surface area contributed by atoms with Gasteiger partial charge < -0.3 is 14.8 Å². The zero-order valence-corrected chi connectivity index (χ0v) is 20.8. The second-order valence-electron chi connectivity index (χ2n) is 11.1. The summed E-state index contributed by atoms with van der Waals surface area (Å²) in [5.74, 6) is 3.94. The van der Waals surface area contributed by atoms with Crippen molar-refractivity contribution in [3.63, 3.8) is 0 Å². The summed E-state index contributed by atoms with van der Waals surface area (Å²) >= 11 is 0. The number of hydrogen-bond acceptors (Lipinski definition) is 4. The Balaban J connectivity index is 1.35. The highest BCUT2D eigenvalue weighted by Gasteiger charge is 2.53. The van der Waals surface area contributed by atoms with E-state index in [2.05, 4.69) is 12.2 Å². The number of ether oxygens (including phenoxy) is 2. The molecule has 0 radical (unpaired) electrons. The number of carbonyl (C=O) groups is 1. The summed E-state index contributed by atoms with van der Waals surface area (Å²) < 4.78 is 11.0. The van der Waals surface area contributed by atoms with E-state index >= 15 is 0 Å². The van der Waals surface area contributed by atoms with Crippen LogP contribution in [0.1, 0.15) is 55.8 Å². The van der Waals surface area contributed by atoms with Gasteiger partial charge in [0.15, 0.2) is 0 Å². The third-order valence-corrected chi connectivity index (χ3v) is 9.00. The summed E-state index contributed by atoms with van der Waals surface area (Å²) in [6, 6.07) is 15.6. The highest BCUT2D eigenvalue weighted by atomic mass is 16.5. The van der Waals surface area contributed by atoms with Gasteiger partial charge in [-0.3, -0.25) is 4.79 Å². The number of benzene rings is 2. The average molecular weight is 471 g/mol. The summed E-state index contributed by atoms with van der Waals surface area (Å²) in [5.41, 5.74) is 3.28. The van der Waals surface area contributed by atoms with E-state index in [0.717, 1.165) is 39.9 Å². The standard InChI is InChI=1S/C30H34N2O3/c1-18(30-15-19-10-20(16-30)12-21(11-19)17-30)31-29(33)25-14-27(32-26-7-5-4-6-23(25)26)24-9-8-22(34-2)13-28(24)35-3/h4-9,13-14,18-21H,10-12,15-17H2,1-3H3,(H,31,33). The van der Waals surface area contributed by atoms with Gasteiger partial charge in [-0.05, 0) is 92.9 Å². The van der Waals surface area contributed by atoms with Crippen LogP contribution in [0.25, 0.3) is 22.2 Å². The lowest BCUT2D eigenvalue weighted by Crippen LogP contribution is -2.55. The average Bonchev–Trinajstić information content (AvgIpc) is 2.86. The lowest BCUT2D eigenvalue weighted by Gasteiger charge is -2.59. The fraction of sp³-hybridized carbons (Fsp3) is 0.467. The maximum absolute atomic E-state index is 13.8. The molecule has 1 aromatic heterocycles. The first kappa shape index (κ1) is 22.4. The predicted molar refractivity (Wildman–Crippen MR) is 138 cm³/mol. The third-order valence-electron chi connectivity index (χ3n) is 9.00. The lowest BCUT2D eigenvalue weighted by molar-refractivity contribution is -0.0687. The summed E-state index contributed by atoms with van der Waals surface area (Å²) in [6.45, 7) is 2.24. The Morgan fingerprint density at radius 3 is 2.31 bits per heavy atom. The molecule has 1 atom stereocenters. The van der Waals surface area contributed by atoms with Gasteiger partial charge in [-0.2, -0.15) is 0 Å². The Morgan fingerprint density at radius 2 is 1.66 bits per heavy atom. The van der Waals surface area contributed by atoms with Crippen LogP contribution in [0.15, 0.2) is 48.5 Å². The first-order valence-corrected chi connectivity index (χ1v) is 12.9. The molecule has 4 aliphatic carbocycles. The molecule has 5 nitrogen and oxygen atoms in total. The number of aromatic nitrogens is 1. The Morgan fingerprint density at radius 1 is 0.971 bits per heavy atom. The molecular weight excluding hydrogens is 436 g/mol. The van der Waals surface area contributed by atoms with Crippen LogP contribution in [-0.2, 0) is 0 Å². The summed E-state index contributed by atoms with van der Waals surface area (Å²) in [6.07, 6.45) is 8.02. The molecule has 4 fully saturated rings. The molecule has 4 aliphatic rings. The van der Waals surface area contributed by atoms with E-state index in [0.29, 0.717) is 17.1 Å². The molecule has 35 heavy (non-hydrogen) atoms. The summed E-state index contributed by atoms with van der Waals surface area (Å²) in [5, 5.41) is 4.33. The van der Waals surface area contributed by atoms with E-state index < -0.39 is 0 Å². The van der Waals surface area contributed by atoms with Crippen molar-refractivity contribution in [2.75, 3.05) is 14.2 Å². The Labute approximate surface area is 207 Å². The topological polar surface area (TPSA) is 60.5 Å². The first-order chi connectivity index (χ1) is 17.0. The minimum Gasteiger partial charge on any atom is -0.497 e. The SMILES string of the molecule is COc1ccc(-c2cc(C(=O)NC(C)C34CC5CC(CC(C5)C3)C4)c3ccccc3n2)c(OC)c1. The molecule has 1 unspecified atom stereocenters. The van der Waals surface area contributed by atoms with Crippen LogP contribution >= 0.6 is 0 Å². The minimum atomic E-state index is -0.0134. The number of pyridine rings is 1. The Bertz CT molecular complexity index is 1250. The normalized spacial score (nSPS) is 27.6. The van der Waals surface area contributed by atoms with Crippen LogP contribution in [0, 0.1) is 23.2 Å². The van der Waals surface area contributed by atoms with E-state index in [4.69, 9.17) is 14.5 Å². The number of rotatable bonds is 6. The molecule has 0 spiro atoms. The number of fused-ring (bicyclic) bond motifs is 1. The second kappa shape index (κ2) is 8.54. The van der Waals surface area contributed by atoms with Gasteiger partial charge in [0.1, 0.15) is 11.5 Å². The van der Waals surface area contributed by atoms with Crippen LogP contribution in [0.2, 0.25) is 0 Å². The van der Waals surface area contributed by atoms with Crippen molar-refractivity contribution >= 4 is 16.8 Å². The summed E-state index contributed by atoms with van der Waals surface area (Å²) in [7, 11) is 3.27. The van der Waals surface area contributed by atoms with E-state index in [1.54, 1.807) is 14.2 Å². The molecule has 4 saturated carbocycles. The van der Waals surface area contributed by atoms with E-state index in [-0.39, 0.29) is 17.4 Å². The first-order valence-electron chi connectivity index (χ1n) is 12.9. The molecule has 0 aliphatic heterocycles. The maximum atomic E-state index is 13.8. The van der Waals surface area contributed by atoms with Gasteiger partial charge in [0, 0.05) is 23.1 Å². The van der Waals surface area contributed by atoms with Gasteiger partial charge in [0.25, 0.3) is 5.91 Å². The van der Waals surface area contributed by atoms with Gasteiger partial charge >= 0.3 is 0 Å². The molecule has 182 valence electrons.